The van der Waals surface area contributed by atoms with E-state index in [1.54, 1.807) is 42.7 Å². The first-order valence-corrected chi connectivity index (χ1v) is 11.3. The van der Waals surface area contributed by atoms with Crippen LogP contribution in [-0.4, -0.2) is 54.0 Å². The molecular weight excluding hydrogens is 446 g/mol. The maximum atomic E-state index is 13.3. The van der Waals surface area contributed by atoms with Crippen molar-refractivity contribution in [2.45, 2.75) is 12.6 Å². The highest BCUT2D eigenvalue weighted by Gasteiger charge is 2.46. The van der Waals surface area contributed by atoms with Crippen LogP contribution in [0, 0.1) is 0 Å². The minimum atomic E-state index is -0.757. The molecule has 1 saturated heterocycles. The SMILES string of the molecule is CN(C)c1ccc([C@H]2C(=C(O)c3ccc4c(c3)OCCO4)C(=O)C(=O)N2Cc2ccncc2)cc1. The lowest BCUT2D eigenvalue weighted by molar-refractivity contribution is -0.140. The molecule has 2 aromatic carbocycles. The van der Waals surface area contributed by atoms with Crippen molar-refractivity contribution in [3.8, 4) is 11.5 Å². The molecule has 0 saturated carbocycles. The minimum absolute atomic E-state index is 0.0401. The zero-order chi connectivity index (χ0) is 24.5. The second kappa shape index (κ2) is 9.13. The molecule has 1 fully saturated rings. The van der Waals surface area contributed by atoms with Gasteiger partial charge >= 0.3 is 0 Å². The molecule has 8 nitrogen and oxygen atoms in total. The second-order valence-electron chi connectivity index (χ2n) is 8.63. The van der Waals surface area contributed by atoms with Crippen molar-refractivity contribution < 1.29 is 24.2 Å². The number of hydrogen-bond acceptors (Lipinski definition) is 7. The van der Waals surface area contributed by atoms with Crippen LogP contribution in [-0.2, 0) is 16.1 Å². The quantitative estimate of drug-likeness (QED) is 0.346. The molecule has 178 valence electrons. The van der Waals surface area contributed by atoms with Crippen LogP contribution >= 0.6 is 0 Å². The van der Waals surface area contributed by atoms with Crippen LogP contribution in [0.5, 0.6) is 11.5 Å². The third-order valence-electron chi connectivity index (χ3n) is 6.18. The largest absolute Gasteiger partial charge is 0.507 e. The van der Waals surface area contributed by atoms with E-state index in [0.29, 0.717) is 30.3 Å². The first kappa shape index (κ1) is 22.5. The summed E-state index contributed by atoms with van der Waals surface area (Å²) in [6, 6.07) is 15.4. The number of hydrogen-bond donors (Lipinski definition) is 1. The molecule has 1 atom stereocenters. The third kappa shape index (κ3) is 4.19. The first-order chi connectivity index (χ1) is 16.9. The van der Waals surface area contributed by atoms with Crippen molar-refractivity contribution in [1.82, 2.24) is 9.88 Å². The molecule has 0 radical (unpaired) electrons. The minimum Gasteiger partial charge on any atom is -0.507 e. The number of aromatic nitrogens is 1. The van der Waals surface area contributed by atoms with E-state index in [-0.39, 0.29) is 17.9 Å². The monoisotopic (exact) mass is 471 g/mol. The van der Waals surface area contributed by atoms with Gasteiger partial charge in [-0.2, -0.15) is 0 Å². The van der Waals surface area contributed by atoms with Crippen molar-refractivity contribution in [3.05, 3.63) is 89.3 Å². The van der Waals surface area contributed by atoms with E-state index in [0.717, 1.165) is 16.8 Å². The summed E-state index contributed by atoms with van der Waals surface area (Å²) in [5, 5.41) is 11.3. The molecule has 2 aliphatic heterocycles. The predicted molar refractivity (Wildman–Crippen MR) is 130 cm³/mol. The molecule has 3 aromatic rings. The van der Waals surface area contributed by atoms with Gasteiger partial charge in [-0.3, -0.25) is 14.6 Å². The Morgan fingerprint density at radius 3 is 2.37 bits per heavy atom. The number of likely N-dealkylation sites (tertiary alicyclic amines) is 1. The van der Waals surface area contributed by atoms with Gasteiger partial charge in [-0.05, 0) is 53.6 Å². The fraction of sp³-hybridized carbons (Fsp3) is 0.222. The van der Waals surface area contributed by atoms with Gasteiger partial charge in [0.05, 0.1) is 11.6 Å². The fourth-order valence-electron chi connectivity index (χ4n) is 4.38. The Labute approximate surface area is 203 Å². The molecule has 0 bridgehead atoms. The zero-order valence-electron chi connectivity index (χ0n) is 19.5. The first-order valence-electron chi connectivity index (χ1n) is 11.3. The lowest BCUT2D eigenvalue weighted by Gasteiger charge is -2.26. The molecule has 0 spiro atoms. The fourth-order valence-corrected chi connectivity index (χ4v) is 4.38. The van der Waals surface area contributed by atoms with Gasteiger partial charge in [-0.15, -0.1) is 0 Å². The van der Waals surface area contributed by atoms with Crippen LogP contribution in [0.2, 0.25) is 0 Å². The normalized spacial score (nSPS) is 18.6. The van der Waals surface area contributed by atoms with Crippen LogP contribution in [0.15, 0.2) is 72.6 Å². The summed E-state index contributed by atoms with van der Waals surface area (Å²) in [5.74, 6) is -0.588. The lowest BCUT2D eigenvalue weighted by atomic mass is 9.94. The van der Waals surface area contributed by atoms with Crippen molar-refractivity contribution in [2.75, 3.05) is 32.2 Å². The Hall–Kier alpha value is -4.33. The van der Waals surface area contributed by atoms with E-state index in [2.05, 4.69) is 4.98 Å². The number of fused-ring (bicyclic) bond motifs is 1. The number of aliphatic hydroxyl groups excluding tert-OH is 1. The van der Waals surface area contributed by atoms with Crippen LogP contribution in [0.4, 0.5) is 5.69 Å². The van der Waals surface area contributed by atoms with Crippen molar-refractivity contribution in [2.24, 2.45) is 0 Å². The van der Waals surface area contributed by atoms with Crippen LogP contribution < -0.4 is 14.4 Å². The number of pyridine rings is 1. The summed E-state index contributed by atoms with van der Waals surface area (Å²) < 4.78 is 11.2. The number of aliphatic hydroxyl groups is 1. The van der Waals surface area contributed by atoms with E-state index in [1.807, 2.05) is 43.3 Å². The van der Waals surface area contributed by atoms with Gasteiger partial charge in [0, 0.05) is 44.3 Å². The van der Waals surface area contributed by atoms with Gasteiger partial charge in [0.15, 0.2) is 11.5 Å². The lowest BCUT2D eigenvalue weighted by Crippen LogP contribution is -2.29. The molecule has 1 aromatic heterocycles. The number of rotatable bonds is 5. The van der Waals surface area contributed by atoms with Crippen LogP contribution in [0.25, 0.3) is 5.76 Å². The Bertz CT molecular complexity index is 1300. The molecule has 5 rings (SSSR count). The summed E-state index contributed by atoms with van der Waals surface area (Å²) in [4.78, 5) is 34.0. The van der Waals surface area contributed by atoms with Gasteiger partial charge in [0.1, 0.15) is 19.0 Å². The second-order valence-corrected chi connectivity index (χ2v) is 8.63. The number of ketones is 1. The van der Waals surface area contributed by atoms with Gasteiger partial charge < -0.3 is 24.4 Å². The molecule has 2 aliphatic rings. The standard InChI is InChI=1S/C27H25N3O5/c1-29(2)20-6-3-18(4-7-20)24-23(25(31)19-5-8-21-22(15-19)35-14-13-34-21)26(32)27(33)30(24)16-17-9-11-28-12-10-17/h3-12,15,24,31H,13-14,16H2,1-2H3/t24-/m0/s1. The highest BCUT2D eigenvalue weighted by molar-refractivity contribution is 6.46. The average molecular weight is 472 g/mol. The number of ether oxygens (including phenoxy) is 2. The van der Waals surface area contributed by atoms with E-state index >= 15 is 0 Å². The van der Waals surface area contributed by atoms with Crippen LogP contribution in [0.3, 0.4) is 0 Å². The number of benzene rings is 2. The summed E-state index contributed by atoms with van der Waals surface area (Å²) in [7, 11) is 3.87. The Morgan fingerprint density at radius 1 is 1.00 bits per heavy atom. The Kier molecular flexibility index (Phi) is 5.86. The van der Waals surface area contributed by atoms with Gasteiger partial charge in [0.25, 0.3) is 11.7 Å². The summed E-state index contributed by atoms with van der Waals surface area (Å²) >= 11 is 0. The number of anilines is 1. The Balaban J connectivity index is 1.62. The number of amides is 1. The topological polar surface area (TPSA) is 92.2 Å². The van der Waals surface area contributed by atoms with Crippen molar-refractivity contribution in [1.29, 1.82) is 0 Å². The molecule has 8 heteroatoms. The maximum Gasteiger partial charge on any atom is 0.295 e. The number of carbonyl (C=O) groups is 2. The van der Waals surface area contributed by atoms with Crippen molar-refractivity contribution in [3.63, 3.8) is 0 Å². The number of carbonyl (C=O) groups excluding carboxylic acids is 2. The molecule has 0 unspecified atom stereocenters. The van der Waals surface area contributed by atoms with Gasteiger partial charge in [0.2, 0.25) is 0 Å². The van der Waals surface area contributed by atoms with E-state index in [4.69, 9.17) is 9.47 Å². The molecule has 1 N–H and O–H groups in total. The third-order valence-corrected chi connectivity index (χ3v) is 6.18. The summed E-state index contributed by atoms with van der Waals surface area (Å²) in [6.45, 7) is 1.04. The van der Waals surface area contributed by atoms with Gasteiger partial charge in [-0.25, -0.2) is 0 Å². The zero-order valence-corrected chi connectivity index (χ0v) is 19.5. The molecule has 3 heterocycles. The summed E-state index contributed by atoms with van der Waals surface area (Å²) in [5.41, 5.74) is 2.95. The van der Waals surface area contributed by atoms with Gasteiger partial charge in [-0.1, -0.05) is 12.1 Å². The summed E-state index contributed by atoms with van der Waals surface area (Å²) in [6.07, 6.45) is 3.28. The van der Waals surface area contributed by atoms with E-state index in [9.17, 15) is 14.7 Å². The van der Waals surface area contributed by atoms with E-state index < -0.39 is 17.7 Å². The van der Waals surface area contributed by atoms with E-state index in [1.165, 1.54) is 4.90 Å². The number of nitrogens with zero attached hydrogens (tertiary/aromatic N) is 3. The highest BCUT2D eigenvalue weighted by atomic mass is 16.6. The Morgan fingerprint density at radius 2 is 1.69 bits per heavy atom. The van der Waals surface area contributed by atoms with Crippen molar-refractivity contribution >= 4 is 23.1 Å². The van der Waals surface area contributed by atoms with Crippen LogP contribution in [0.1, 0.15) is 22.7 Å². The smallest absolute Gasteiger partial charge is 0.295 e. The number of Topliss-reactive ketones (excluding diaryl/α,β-unsaturated/α-hetero) is 1. The average Bonchev–Trinajstić information content (AvgIpc) is 3.13. The highest BCUT2D eigenvalue weighted by Crippen LogP contribution is 2.42. The molecule has 0 aliphatic carbocycles. The molecular formula is C27H25N3O5. The predicted octanol–water partition coefficient (Wildman–Crippen LogP) is 3.54. The molecule has 1 amide bonds. The molecule has 35 heavy (non-hydrogen) atoms. The maximum absolute atomic E-state index is 13.3.